The Morgan fingerprint density at radius 1 is 1.11 bits per heavy atom. The maximum absolute atomic E-state index is 12.2. The molecule has 0 spiro atoms. The van der Waals surface area contributed by atoms with Crippen LogP contribution in [0.3, 0.4) is 0 Å². The highest BCUT2D eigenvalue weighted by molar-refractivity contribution is 7.89. The van der Waals surface area contributed by atoms with Gasteiger partial charge >= 0.3 is 0 Å². The first-order valence-electron chi connectivity index (χ1n) is 8.53. The molecule has 2 aromatic carbocycles. The van der Waals surface area contributed by atoms with Gasteiger partial charge in [-0.3, -0.25) is 4.79 Å². The van der Waals surface area contributed by atoms with Crippen molar-refractivity contribution >= 4 is 27.5 Å². The van der Waals surface area contributed by atoms with E-state index < -0.39 is 10.0 Å². The van der Waals surface area contributed by atoms with Crippen molar-refractivity contribution in [3.8, 4) is 5.75 Å². The molecule has 0 atom stereocenters. The summed E-state index contributed by atoms with van der Waals surface area (Å²) in [4.78, 5) is 13.9. The Labute approximate surface area is 165 Å². The topological polar surface area (TPSA) is 75.7 Å². The minimum Gasteiger partial charge on any atom is -0.494 e. The number of halogens is 1. The summed E-state index contributed by atoms with van der Waals surface area (Å²) in [5.41, 5.74) is 0.969. The zero-order valence-corrected chi connectivity index (χ0v) is 16.9. The number of carbonyl (C=O) groups is 1. The molecule has 0 aromatic heterocycles. The van der Waals surface area contributed by atoms with E-state index in [1.807, 2.05) is 31.2 Å². The fourth-order valence-electron chi connectivity index (χ4n) is 2.40. The summed E-state index contributed by atoms with van der Waals surface area (Å²) >= 11 is 5.76. The van der Waals surface area contributed by atoms with Crippen LogP contribution >= 0.6 is 11.6 Å². The van der Waals surface area contributed by atoms with Gasteiger partial charge in [-0.05, 0) is 48.9 Å². The normalized spacial score (nSPS) is 11.2. The summed E-state index contributed by atoms with van der Waals surface area (Å²) in [6.45, 7) is 2.98. The number of amides is 1. The van der Waals surface area contributed by atoms with E-state index in [-0.39, 0.29) is 23.8 Å². The van der Waals surface area contributed by atoms with E-state index in [2.05, 4.69) is 4.72 Å². The molecule has 8 heteroatoms. The van der Waals surface area contributed by atoms with Crippen molar-refractivity contribution in [3.05, 3.63) is 59.1 Å². The van der Waals surface area contributed by atoms with Crippen LogP contribution in [0.2, 0.25) is 5.02 Å². The number of nitrogens with zero attached hydrogens (tertiary/aromatic N) is 1. The lowest BCUT2D eigenvalue weighted by Crippen LogP contribution is -2.31. The molecule has 0 radical (unpaired) electrons. The Morgan fingerprint density at radius 2 is 1.74 bits per heavy atom. The molecule has 0 aliphatic heterocycles. The van der Waals surface area contributed by atoms with Gasteiger partial charge in [0, 0.05) is 31.6 Å². The van der Waals surface area contributed by atoms with E-state index in [0.29, 0.717) is 18.2 Å². The second kappa shape index (κ2) is 9.73. The molecule has 27 heavy (non-hydrogen) atoms. The maximum atomic E-state index is 12.2. The van der Waals surface area contributed by atoms with Crippen molar-refractivity contribution in [2.75, 3.05) is 20.2 Å². The number of hydrogen-bond donors (Lipinski definition) is 1. The number of rotatable bonds is 9. The second-order valence-electron chi connectivity index (χ2n) is 5.93. The Morgan fingerprint density at radius 3 is 2.33 bits per heavy atom. The molecule has 146 valence electrons. The summed E-state index contributed by atoms with van der Waals surface area (Å²) in [7, 11) is -1.97. The Kier molecular flexibility index (Phi) is 7.65. The van der Waals surface area contributed by atoms with Crippen LogP contribution in [0, 0.1) is 0 Å². The fraction of sp³-hybridized carbons (Fsp3) is 0.316. The summed E-state index contributed by atoms with van der Waals surface area (Å²) < 4.78 is 32.2. The van der Waals surface area contributed by atoms with Gasteiger partial charge in [0.15, 0.2) is 0 Å². The van der Waals surface area contributed by atoms with E-state index in [1.165, 1.54) is 24.3 Å². The molecule has 0 bridgehead atoms. The zero-order valence-electron chi connectivity index (χ0n) is 15.3. The zero-order chi connectivity index (χ0) is 19.9. The summed E-state index contributed by atoms with van der Waals surface area (Å²) in [6, 6.07) is 13.4. The average Bonchev–Trinajstić information content (AvgIpc) is 2.63. The van der Waals surface area contributed by atoms with Gasteiger partial charge in [0.2, 0.25) is 15.9 Å². The highest BCUT2D eigenvalue weighted by atomic mass is 35.5. The van der Waals surface area contributed by atoms with Gasteiger partial charge in [0.05, 0.1) is 11.5 Å². The Balaban J connectivity index is 1.83. The van der Waals surface area contributed by atoms with Gasteiger partial charge < -0.3 is 9.64 Å². The van der Waals surface area contributed by atoms with Crippen LogP contribution in [-0.2, 0) is 21.4 Å². The molecular formula is C19H23ClN2O4S. The van der Waals surface area contributed by atoms with E-state index in [1.54, 1.807) is 11.9 Å². The lowest BCUT2D eigenvalue weighted by atomic mass is 10.2. The first-order chi connectivity index (χ1) is 12.8. The van der Waals surface area contributed by atoms with Gasteiger partial charge in [-0.25, -0.2) is 13.1 Å². The number of sulfonamides is 1. The molecule has 1 N–H and O–H groups in total. The van der Waals surface area contributed by atoms with Crippen LogP contribution in [0.1, 0.15) is 18.9 Å². The van der Waals surface area contributed by atoms with Crippen LogP contribution in [0.4, 0.5) is 0 Å². The van der Waals surface area contributed by atoms with Crippen molar-refractivity contribution in [3.63, 3.8) is 0 Å². The lowest BCUT2D eigenvalue weighted by molar-refractivity contribution is -0.130. The minimum absolute atomic E-state index is 0.0252. The third kappa shape index (κ3) is 6.53. The molecule has 2 aromatic rings. The van der Waals surface area contributed by atoms with Crippen molar-refractivity contribution < 1.29 is 17.9 Å². The maximum Gasteiger partial charge on any atom is 0.240 e. The summed E-state index contributed by atoms with van der Waals surface area (Å²) in [5.74, 6) is 0.634. The van der Waals surface area contributed by atoms with E-state index in [4.69, 9.17) is 16.3 Å². The predicted octanol–water partition coefficient (Wildman–Crippen LogP) is 3.07. The lowest BCUT2D eigenvalue weighted by Gasteiger charge is -2.18. The van der Waals surface area contributed by atoms with Crippen molar-refractivity contribution in [1.82, 2.24) is 9.62 Å². The van der Waals surface area contributed by atoms with Crippen LogP contribution in [0.15, 0.2) is 53.4 Å². The van der Waals surface area contributed by atoms with Crippen molar-refractivity contribution in [1.29, 1.82) is 0 Å². The quantitative estimate of drug-likeness (QED) is 0.689. The third-order valence-corrected chi connectivity index (χ3v) is 5.56. The third-order valence-electron chi connectivity index (χ3n) is 3.83. The summed E-state index contributed by atoms with van der Waals surface area (Å²) in [5, 5.41) is 0.458. The number of hydrogen-bond acceptors (Lipinski definition) is 4. The molecule has 6 nitrogen and oxygen atoms in total. The molecule has 0 aliphatic rings. The Bertz CT molecular complexity index is 852. The van der Waals surface area contributed by atoms with Crippen LogP contribution in [0.25, 0.3) is 0 Å². The number of nitrogens with one attached hydrogen (secondary N) is 1. The Hall–Kier alpha value is -2.09. The van der Waals surface area contributed by atoms with Gasteiger partial charge in [-0.15, -0.1) is 0 Å². The SMILES string of the molecule is CCOc1ccc(CN(C)C(=O)CCNS(=O)(=O)c2ccc(Cl)cc2)cc1. The van der Waals surface area contributed by atoms with Gasteiger partial charge in [-0.1, -0.05) is 23.7 Å². The molecule has 1 amide bonds. The fourth-order valence-corrected chi connectivity index (χ4v) is 3.56. The van der Waals surface area contributed by atoms with Crippen molar-refractivity contribution in [2.24, 2.45) is 0 Å². The van der Waals surface area contributed by atoms with Gasteiger partial charge in [0.1, 0.15) is 5.75 Å². The minimum atomic E-state index is -3.66. The second-order valence-corrected chi connectivity index (χ2v) is 8.13. The van der Waals surface area contributed by atoms with E-state index >= 15 is 0 Å². The van der Waals surface area contributed by atoms with E-state index in [9.17, 15) is 13.2 Å². The highest BCUT2D eigenvalue weighted by Gasteiger charge is 2.15. The van der Waals surface area contributed by atoms with Gasteiger partial charge in [-0.2, -0.15) is 0 Å². The molecule has 0 heterocycles. The highest BCUT2D eigenvalue weighted by Crippen LogP contribution is 2.15. The average molecular weight is 411 g/mol. The monoisotopic (exact) mass is 410 g/mol. The van der Waals surface area contributed by atoms with Crippen LogP contribution < -0.4 is 9.46 Å². The summed E-state index contributed by atoms with van der Waals surface area (Å²) in [6.07, 6.45) is 0.0698. The van der Waals surface area contributed by atoms with Gasteiger partial charge in [0.25, 0.3) is 0 Å². The number of carbonyl (C=O) groups excluding carboxylic acids is 1. The molecule has 0 unspecified atom stereocenters. The van der Waals surface area contributed by atoms with Crippen molar-refractivity contribution in [2.45, 2.75) is 24.8 Å². The molecular weight excluding hydrogens is 388 g/mol. The van der Waals surface area contributed by atoms with Crippen LogP contribution in [0.5, 0.6) is 5.75 Å². The molecule has 0 saturated carbocycles. The number of ether oxygens (including phenoxy) is 1. The standard InChI is InChI=1S/C19H23ClN2O4S/c1-3-26-17-8-4-15(5-9-17)14-22(2)19(23)12-13-21-27(24,25)18-10-6-16(20)7-11-18/h4-11,21H,3,12-14H2,1-2H3. The van der Waals surface area contributed by atoms with E-state index in [0.717, 1.165) is 11.3 Å². The number of benzene rings is 2. The predicted molar refractivity (Wildman–Crippen MR) is 105 cm³/mol. The molecule has 0 aliphatic carbocycles. The smallest absolute Gasteiger partial charge is 0.240 e. The largest absolute Gasteiger partial charge is 0.494 e. The van der Waals surface area contributed by atoms with Crippen LogP contribution in [-0.4, -0.2) is 39.4 Å². The first-order valence-corrected chi connectivity index (χ1v) is 10.4. The first kappa shape index (κ1) is 21.2. The molecule has 2 rings (SSSR count). The molecule has 0 fully saturated rings. The molecule has 0 saturated heterocycles.